The minimum absolute atomic E-state index is 0.0612. The maximum atomic E-state index is 10.5. The molecule has 0 spiro atoms. The molecule has 0 heterocycles. The average Bonchev–Trinajstić information content (AvgIpc) is 2.02. The summed E-state index contributed by atoms with van der Waals surface area (Å²) in [5, 5.41) is 0. The monoisotopic (exact) mass is 199 g/mol. The Balaban J connectivity index is 2.35. The molecule has 0 aromatic rings. The summed E-state index contributed by atoms with van der Waals surface area (Å²) >= 11 is 0. The minimum atomic E-state index is -0.635. The SMILES string of the molecule is CC(C)(C)C1CCC(OC(N)=O)CC1. The molecule has 0 atom stereocenters. The van der Waals surface area contributed by atoms with Crippen LogP contribution in [0.2, 0.25) is 0 Å². The second-order valence-corrected chi connectivity index (χ2v) is 5.28. The van der Waals surface area contributed by atoms with Crippen molar-refractivity contribution < 1.29 is 9.53 Å². The standard InChI is InChI=1S/C11H21NO2/c1-11(2,3)8-4-6-9(7-5-8)14-10(12)13/h8-9H,4-7H2,1-3H3,(H2,12,13). The molecular weight excluding hydrogens is 178 g/mol. The van der Waals surface area contributed by atoms with Gasteiger partial charge in [-0.25, -0.2) is 4.79 Å². The Morgan fingerprint density at radius 1 is 1.21 bits per heavy atom. The Morgan fingerprint density at radius 3 is 2.07 bits per heavy atom. The normalized spacial score (nSPS) is 28.5. The number of rotatable bonds is 1. The molecule has 0 aromatic carbocycles. The van der Waals surface area contributed by atoms with Crippen LogP contribution in [-0.2, 0) is 4.74 Å². The Bertz CT molecular complexity index is 200. The fourth-order valence-corrected chi connectivity index (χ4v) is 2.21. The Morgan fingerprint density at radius 2 is 1.71 bits per heavy atom. The van der Waals surface area contributed by atoms with Gasteiger partial charge in [0.2, 0.25) is 0 Å². The van der Waals surface area contributed by atoms with Crippen molar-refractivity contribution in [2.45, 2.75) is 52.6 Å². The van der Waals surface area contributed by atoms with Crippen LogP contribution in [0, 0.1) is 11.3 Å². The zero-order chi connectivity index (χ0) is 10.8. The van der Waals surface area contributed by atoms with Crippen LogP contribution in [0.3, 0.4) is 0 Å². The number of amides is 1. The van der Waals surface area contributed by atoms with E-state index in [1.165, 1.54) is 0 Å². The van der Waals surface area contributed by atoms with E-state index < -0.39 is 6.09 Å². The van der Waals surface area contributed by atoms with Crippen molar-refractivity contribution in [3.05, 3.63) is 0 Å². The number of carbonyl (C=O) groups is 1. The lowest BCUT2D eigenvalue weighted by Crippen LogP contribution is -2.31. The molecule has 0 unspecified atom stereocenters. The van der Waals surface area contributed by atoms with Gasteiger partial charge < -0.3 is 10.5 Å². The smallest absolute Gasteiger partial charge is 0.404 e. The third-order valence-corrected chi connectivity index (χ3v) is 3.18. The number of carbonyl (C=O) groups excluding carboxylic acids is 1. The fourth-order valence-electron chi connectivity index (χ4n) is 2.21. The highest BCUT2D eigenvalue weighted by Crippen LogP contribution is 2.38. The highest BCUT2D eigenvalue weighted by atomic mass is 16.6. The van der Waals surface area contributed by atoms with Crippen molar-refractivity contribution in [2.75, 3.05) is 0 Å². The van der Waals surface area contributed by atoms with Gasteiger partial charge in [-0.2, -0.15) is 0 Å². The van der Waals surface area contributed by atoms with Crippen LogP contribution in [0.4, 0.5) is 4.79 Å². The van der Waals surface area contributed by atoms with E-state index in [1.807, 2.05) is 0 Å². The van der Waals surface area contributed by atoms with E-state index in [2.05, 4.69) is 20.8 Å². The van der Waals surface area contributed by atoms with Crippen LogP contribution in [0.15, 0.2) is 0 Å². The van der Waals surface area contributed by atoms with Gasteiger partial charge in [0.15, 0.2) is 0 Å². The summed E-state index contributed by atoms with van der Waals surface area (Å²) in [6.45, 7) is 6.81. The molecule has 0 aliphatic heterocycles. The van der Waals surface area contributed by atoms with Crippen LogP contribution in [-0.4, -0.2) is 12.2 Å². The number of primary amides is 1. The van der Waals surface area contributed by atoms with Crippen molar-refractivity contribution in [3.8, 4) is 0 Å². The third-order valence-electron chi connectivity index (χ3n) is 3.18. The molecule has 1 rings (SSSR count). The summed E-state index contributed by atoms with van der Waals surface area (Å²) in [6.07, 6.45) is 3.63. The van der Waals surface area contributed by atoms with Crippen molar-refractivity contribution in [1.82, 2.24) is 0 Å². The van der Waals surface area contributed by atoms with Gasteiger partial charge in [-0.05, 0) is 37.0 Å². The predicted octanol–water partition coefficient (Wildman–Crippen LogP) is 2.69. The molecule has 1 fully saturated rings. The predicted molar refractivity (Wildman–Crippen MR) is 55.9 cm³/mol. The van der Waals surface area contributed by atoms with Crippen LogP contribution in [0.1, 0.15) is 46.5 Å². The summed E-state index contributed by atoms with van der Waals surface area (Å²) in [4.78, 5) is 10.5. The second-order valence-electron chi connectivity index (χ2n) is 5.28. The van der Waals surface area contributed by atoms with Crippen LogP contribution in [0.5, 0.6) is 0 Å². The maximum absolute atomic E-state index is 10.5. The van der Waals surface area contributed by atoms with Gasteiger partial charge in [-0.15, -0.1) is 0 Å². The first-order chi connectivity index (χ1) is 6.39. The number of nitrogens with two attached hydrogens (primary N) is 1. The molecule has 0 radical (unpaired) electrons. The van der Waals surface area contributed by atoms with E-state index >= 15 is 0 Å². The minimum Gasteiger partial charge on any atom is -0.446 e. The molecule has 2 N–H and O–H groups in total. The molecule has 1 saturated carbocycles. The summed E-state index contributed by atoms with van der Waals surface area (Å²) in [6, 6.07) is 0. The van der Waals surface area contributed by atoms with Crippen LogP contribution in [0.25, 0.3) is 0 Å². The van der Waals surface area contributed by atoms with Gasteiger partial charge in [0.05, 0.1) is 0 Å². The third kappa shape index (κ3) is 3.20. The van der Waals surface area contributed by atoms with Gasteiger partial charge in [0.1, 0.15) is 6.10 Å². The first-order valence-corrected chi connectivity index (χ1v) is 5.35. The molecule has 1 aliphatic rings. The molecule has 0 aromatic heterocycles. The molecule has 0 bridgehead atoms. The quantitative estimate of drug-likeness (QED) is 0.706. The number of hydrogen-bond acceptors (Lipinski definition) is 2. The summed E-state index contributed by atoms with van der Waals surface area (Å²) in [5.41, 5.74) is 5.36. The molecule has 3 heteroatoms. The van der Waals surface area contributed by atoms with E-state index in [0.29, 0.717) is 5.41 Å². The lowest BCUT2D eigenvalue weighted by atomic mass is 9.72. The molecule has 3 nitrogen and oxygen atoms in total. The van der Waals surface area contributed by atoms with Gasteiger partial charge >= 0.3 is 6.09 Å². The van der Waals surface area contributed by atoms with Gasteiger partial charge in [0.25, 0.3) is 0 Å². The van der Waals surface area contributed by atoms with Gasteiger partial charge in [-0.3, -0.25) is 0 Å². The zero-order valence-corrected chi connectivity index (χ0v) is 9.38. The molecular formula is C11H21NO2. The summed E-state index contributed by atoms with van der Waals surface area (Å²) in [5.74, 6) is 0.746. The van der Waals surface area contributed by atoms with E-state index in [4.69, 9.17) is 10.5 Å². The lowest BCUT2D eigenvalue weighted by molar-refractivity contribution is 0.0504. The van der Waals surface area contributed by atoms with Crippen molar-refractivity contribution >= 4 is 6.09 Å². The molecule has 14 heavy (non-hydrogen) atoms. The van der Waals surface area contributed by atoms with E-state index in [9.17, 15) is 4.79 Å². The number of hydrogen-bond donors (Lipinski definition) is 1. The average molecular weight is 199 g/mol. The zero-order valence-electron chi connectivity index (χ0n) is 9.38. The van der Waals surface area contributed by atoms with Crippen LogP contribution >= 0.6 is 0 Å². The van der Waals surface area contributed by atoms with Crippen molar-refractivity contribution in [2.24, 2.45) is 17.1 Å². The van der Waals surface area contributed by atoms with Gasteiger partial charge in [0, 0.05) is 0 Å². The fraction of sp³-hybridized carbons (Fsp3) is 0.909. The first-order valence-electron chi connectivity index (χ1n) is 5.35. The molecule has 0 saturated heterocycles. The van der Waals surface area contributed by atoms with Gasteiger partial charge in [-0.1, -0.05) is 20.8 Å². The highest BCUT2D eigenvalue weighted by Gasteiger charge is 2.30. The molecule has 82 valence electrons. The Hall–Kier alpha value is -0.730. The second kappa shape index (κ2) is 4.20. The van der Waals surface area contributed by atoms with Crippen molar-refractivity contribution in [1.29, 1.82) is 0 Å². The Labute approximate surface area is 86.0 Å². The summed E-state index contributed by atoms with van der Waals surface area (Å²) in [7, 11) is 0. The van der Waals surface area contributed by atoms with E-state index in [1.54, 1.807) is 0 Å². The van der Waals surface area contributed by atoms with E-state index in [0.717, 1.165) is 31.6 Å². The van der Waals surface area contributed by atoms with Crippen molar-refractivity contribution in [3.63, 3.8) is 0 Å². The highest BCUT2D eigenvalue weighted by molar-refractivity contribution is 5.64. The molecule has 1 amide bonds. The lowest BCUT2D eigenvalue weighted by Gasteiger charge is -2.36. The van der Waals surface area contributed by atoms with E-state index in [-0.39, 0.29) is 6.10 Å². The molecule has 1 aliphatic carbocycles. The summed E-state index contributed by atoms with van der Waals surface area (Å²) < 4.78 is 4.99. The first kappa shape index (κ1) is 11.3. The number of ether oxygens (including phenoxy) is 1. The van der Waals surface area contributed by atoms with Crippen LogP contribution < -0.4 is 5.73 Å². The topological polar surface area (TPSA) is 52.3 Å². The maximum Gasteiger partial charge on any atom is 0.404 e. The Kier molecular flexibility index (Phi) is 3.40. The largest absolute Gasteiger partial charge is 0.446 e.